The molecule has 30 heavy (non-hydrogen) atoms. The van der Waals surface area contributed by atoms with Gasteiger partial charge in [-0.1, -0.05) is 27.7 Å². The Labute approximate surface area is 173 Å². The number of amides is 2. The smallest absolute Gasteiger partial charge is 0.305 e. The van der Waals surface area contributed by atoms with Crippen molar-refractivity contribution < 1.29 is 44.1 Å². The predicted molar refractivity (Wildman–Crippen MR) is 103 cm³/mol. The molecule has 170 valence electrons. The van der Waals surface area contributed by atoms with Gasteiger partial charge in [0.15, 0.2) is 5.78 Å². The summed E-state index contributed by atoms with van der Waals surface area (Å²) in [4.78, 5) is 70.3. The second-order valence-corrected chi connectivity index (χ2v) is 7.35. The van der Waals surface area contributed by atoms with Crippen molar-refractivity contribution in [3.8, 4) is 0 Å². The summed E-state index contributed by atoms with van der Waals surface area (Å²) in [5.41, 5.74) is 0. The third-order valence-electron chi connectivity index (χ3n) is 3.85. The van der Waals surface area contributed by atoms with Crippen molar-refractivity contribution in [2.45, 2.75) is 71.1 Å². The lowest BCUT2D eigenvalue weighted by Gasteiger charge is -2.25. The normalized spacial score (nSPS) is 13.9. The van der Waals surface area contributed by atoms with E-state index in [1.54, 1.807) is 13.8 Å². The molecule has 0 rings (SSSR count). The Morgan fingerprint density at radius 1 is 0.633 bits per heavy atom. The number of hydrogen-bond donors (Lipinski definition) is 6. The Hall–Kier alpha value is -3.02. The molecule has 0 aromatic rings. The van der Waals surface area contributed by atoms with Gasteiger partial charge < -0.3 is 31.3 Å². The first-order valence-corrected chi connectivity index (χ1v) is 9.30. The summed E-state index contributed by atoms with van der Waals surface area (Å²) in [6.07, 6.45) is -2.18. The highest BCUT2D eigenvalue weighted by molar-refractivity contribution is 5.97. The Morgan fingerprint density at radius 2 is 1.00 bits per heavy atom. The van der Waals surface area contributed by atoms with Crippen LogP contribution in [0.5, 0.6) is 0 Å². The van der Waals surface area contributed by atoms with Crippen LogP contribution in [0.1, 0.15) is 47.0 Å². The molecule has 0 aliphatic heterocycles. The van der Waals surface area contributed by atoms with E-state index in [1.165, 1.54) is 13.8 Å². The van der Waals surface area contributed by atoms with Crippen molar-refractivity contribution in [2.24, 2.45) is 5.92 Å². The zero-order valence-electron chi connectivity index (χ0n) is 17.3. The quantitative estimate of drug-likeness (QED) is 0.198. The summed E-state index contributed by atoms with van der Waals surface area (Å²) >= 11 is 0. The summed E-state index contributed by atoms with van der Waals surface area (Å²) in [6.45, 7) is 6.34. The van der Waals surface area contributed by atoms with Gasteiger partial charge in [-0.25, -0.2) is 0 Å². The van der Waals surface area contributed by atoms with E-state index in [9.17, 15) is 28.8 Å². The number of rotatable bonds is 14. The predicted octanol–water partition coefficient (Wildman–Crippen LogP) is -1.03. The molecule has 12 heteroatoms. The average molecular weight is 431 g/mol. The third kappa shape index (κ3) is 10.5. The van der Waals surface area contributed by atoms with Gasteiger partial charge in [0.05, 0.1) is 31.3 Å². The van der Waals surface area contributed by atoms with E-state index in [0.717, 1.165) is 0 Å². The number of carbonyl (C=O) groups is 6. The highest BCUT2D eigenvalue weighted by atomic mass is 16.4. The molecule has 0 saturated heterocycles. The van der Waals surface area contributed by atoms with E-state index in [-0.39, 0.29) is 6.04 Å². The maximum atomic E-state index is 12.5. The summed E-state index contributed by atoms with van der Waals surface area (Å²) in [6, 6.07) is -4.57. The van der Waals surface area contributed by atoms with Crippen LogP contribution in [0, 0.1) is 5.92 Å². The van der Waals surface area contributed by atoms with E-state index >= 15 is 0 Å². The lowest BCUT2D eigenvalue weighted by molar-refractivity contribution is -0.144. The summed E-state index contributed by atoms with van der Waals surface area (Å²) in [5.74, 6) is -7.23. The monoisotopic (exact) mass is 431 g/mol. The lowest BCUT2D eigenvalue weighted by Crippen LogP contribution is -2.57. The van der Waals surface area contributed by atoms with Crippen LogP contribution in [-0.4, -0.2) is 75.0 Å². The first kappa shape index (κ1) is 27.0. The van der Waals surface area contributed by atoms with Gasteiger partial charge >= 0.3 is 17.9 Å². The largest absolute Gasteiger partial charge is 0.481 e. The first-order valence-electron chi connectivity index (χ1n) is 9.30. The molecule has 0 aromatic carbocycles. The lowest BCUT2D eigenvalue weighted by atomic mass is 9.98. The van der Waals surface area contributed by atoms with Crippen molar-refractivity contribution in [1.29, 1.82) is 0 Å². The molecule has 0 fully saturated rings. The molecular formula is C18H29N3O9. The summed E-state index contributed by atoms with van der Waals surface area (Å²) < 4.78 is 0. The van der Waals surface area contributed by atoms with E-state index in [1.807, 2.05) is 0 Å². The van der Waals surface area contributed by atoms with Crippen LogP contribution >= 0.6 is 0 Å². The molecule has 0 radical (unpaired) electrons. The number of hydrogen-bond acceptors (Lipinski definition) is 7. The van der Waals surface area contributed by atoms with Gasteiger partial charge in [0, 0.05) is 12.0 Å². The number of ketones is 1. The molecule has 12 nitrogen and oxygen atoms in total. The van der Waals surface area contributed by atoms with Gasteiger partial charge in [-0.2, -0.15) is 0 Å². The molecule has 0 aromatic heterocycles. The fourth-order valence-corrected chi connectivity index (χ4v) is 2.53. The van der Waals surface area contributed by atoms with Gasteiger partial charge in [0.25, 0.3) is 0 Å². The minimum atomic E-state index is -1.64. The summed E-state index contributed by atoms with van der Waals surface area (Å²) in [5, 5.41) is 34.0. The number of Topliss-reactive ketones (excluding diaryl/α,β-unsaturated/α-hetero) is 1. The number of nitrogens with one attached hydrogen (secondary N) is 3. The van der Waals surface area contributed by atoms with Crippen molar-refractivity contribution >= 4 is 35.5 Å². The minimum absolute atomic E-state index is 0.282. The third-order valence-corrected chi connectivity index (χ3v) is 3.85. The maximum Gasteiger partial charge on any atom is 0.305 e. The minimum Gasteiger partial charge on any atom is -0.481 e. The highest BCUT2D eigenvalue weighted by Gasteiger charge is 2.32. The van der Waals surface area contributed by atoms with Crippen LogP contribution < -0.4 is 16.0 Å². The maximum absolute atomic E-state index is 12.5. The molecule has 3 atom stereocenters. The molecule has 0 aliphatic rings. The van der Waals surface area contributed by atoms with Gasteiger partial charge in [0.1, 0.15) is 6.04 Å². The number of aliphatic carboxylic acids is 3. The van der Waals surface area contributed by atoms with Crippen LogP contribution in [0.4, 0.5) is 0 Å². The zero-order chi connectivity index (χ0) is 23.6. The average Bonchev–Trinajstić information content (AvgIpc) is 2.57. The first-order chi connectivity index (χ1) is 13.7. The molecule has 0 bridgehead atoms. The number of carbonyl (C=O) groups excluding carboxylic acids is 3. The Morgan fingerprint density at radius 3 is 1.40 bits per heavy atom. The van der Waals surface area contributed by atoms with Crippen molar-refractivity contribution in [3.05, 3.63) is 0 Å². The van der Waals surface area contributed by atoms with E-state index in [0.29, 0.717) is 0 Å². The van der Waals surface area contributed by atoms with Gasteiger partial charge in [-0.3, -0.25) is 28.8 Å². The summed E-state index contributed by atoms with van der Waals surface area (Å²) in [7, 11) is 0. The van der Waals surface area contributed by atoms with Crippen LogP contribution in [0.2, 0.25) is 0 Å². The van der Waals surface area contributed by atoms with Crippen LogP contribution in [0.15, 0.2) is 0 Å². The second-order valence-electron chi connectivity index (χ2n) is 7.35. The van der Waals surface area contributed by atoms with Gasteiger partial charge in [-0.05, 0) is 0 Å². The highest BCUT2D eigenvalue weighted by Crippen LogP contribution is 2.06. The molecule has 2 amide bonds. The molecule has 3 unspecified atom stereocenters. The topological polar surface area (TPSA) is 199 Å². The van der Waals surface area contributed by atoms with Crippen molar-refractivity contribution in [2.75, 3.05) is 0 Å². The molecule has 0 aliphatic carbocycles. The Balaban J connectivity index is 5.53. The second kappa shape index (κ2) is 12.5. The fourth-order valence-electron chi connectivity index (χ4n) is 2.53. The Bertz CT molecular complexity index is 676. The molecule has 0 heterocycles. The van der Waals surface area contributed by atoms with E-state index < -0.39 is 78.8 Å². The number of carboxylic acid groups (broad SMARTS) is 3. The number of carboxylic acids is 3. The van der Waals surface area contributed by atoms with Gasteiger partial charge in [-0.15, -0.1) is 0 Å². The van der Waals surface area contributed by atoms with Crippen LogP contribution in [0.3, 0.4) is 0 Å². The molecular weight excluding hydrogens is 402 g/mol. The standard InChI is InChI=1S/C18H29N3O9/c1-8(2)16(28)10(5-13(22)23)20-18(30)12(7-15(26)27)21-17(29)11(6-14(24)25)19-9(3)4/h8-12,19H,5-7H2,1-4H3,(H,20,30)(H,21,29)(H,22,23)(H,24,25)(H,26,27). The van der Waals surface area contributed by atoms with Crippen molar-refractivity contribution in [1.82, 2.24) is 16.0 Å². The van der Waals surface area contributed by atoms with Crippen LogP contribution in [-0.2, 0) is 28.8 Å². The molecule has 0 saturated carbocycles. The van der Waals surface area contributed by atoms with Gasteiger partial charge in [0.2, 0.25) is 11.8 Å². The zero-order valence-corrected chi connectivity index (χ0v) is 17.3. The van der Waals surface area contributed by atoms with E-state index in [4.69, 9.17) is 15.3 Å². The van der Waals surface area contributed by atoms with Crippen LogP contribution in [0.25, 0.3) is 0 Å². The molecule has 6 N–H and O–H groups in total. The molecule has 0 spiro atoms. The fraction of sp³-hybridized carbons (Fsp3) is 0.667. The van der Waals surface area contributed by atoms with E-state index in [2.05, 4.69) is 16.0 Å². The van der Waals surface area contributed by atoms with Crippen molar-refractivity contribution in [3.63, 3.8) is 0 Å². The Kier molecular flexibility index (Phi) is 11.3. The SMILES string of the molecule is CC(C)NC(CC(=O)O)C(=O)NC(CC(=O)O)C(=O)NC(CC(=O)O)C(=O)C(C)C.